The molecule has 0 saturated carbocycles. The summed E-state index contributed by atoms with van der Waals surface area (Å²) in [7, 11) is 0. The standard InChI is InChI=1S/C14H9Cl2NOS/c15-10-5-6-13-12(7-10)17-14(18-13)19-8-9-3-1-2-4-11(9)16/h1-7H,8H2. The van der Waals surface area contributed by atoms with Gasteiger partial charge in [0.05, 0.1) is 0 Å². The van der Waals surface area contributed by atoms with Crippen molar-refractivity contribution in [1.82, 2.24) is 4.98 Å². The maximum Gasteiger partial charge on any atom is 0.257 e. The van der Waals surface area contributed by atoms with Gasteiger partial charge in [0.15, 0.2) is 5.58 Å². The predicted molar refractivity (Wildman–Crippen MR) is 80.0 cm³/mol. The van der Waals surface area contributed by atoms with Crippen LogP contribution in [-0.4, -0.2) is 4.98 Å². The summed E-state index contributed by atoms with van der Waals surface area (Å²) >= 11 is 13.5. The first-order chi connectivity index (χ1) is 9.22. The zero-order chi connectivity index (χ0) is 13.2. The third-order valence-corrected chi connectivity index (χ3v) is 4.12. The second-order valence-electron chi connectivity index (χ2n) is 3.97. The Morgan fingerprint density at radius 1 is 1.11 bits per heavy atom. The van der Waals surface area contributed by atoms with E-state index in [4.69, 9.17) is 27.6 Å². The molecule has 0 bridgehead atoms. The van der Waals surface area contributed by atoms with E-state index >= 15 is 0 Å². The van der Waals surface area contributed by atoms with E-state index in [0.29, 0.717) is 10.2 Å². The molecule has 3 aromatic rings. The van der Waals surface area contributed by atoms with E-state index in [1.54, 1.807) is 12.1 Å². The Hall–Kier alpha value is -1.16. The predicted octanol–water partition coefficient (Wildman–Crippen LogP) is 5.43. The third kappa shape index (κ3) is 2.89. The van der Waals surface area contributed by atoms with E-state index in [2.05, 4.69) is 4.98 Å². The molecule has 0 N–H and O–H groups in total. The van der Waals surface area contributed by atoms with Crippen LogP contribution in [0.3, 0.4) is 0 Å². The van der Waals surface area contributed by atoms with Gasteiger partial charge < -0.3 is 4.42 Å². The van der Waals surface area contributed by atoms with Crippen LogP contribution >= 0.6 is 35.0 Å². The lowest BCUT2D eigenvalue weighted by atomic mass is 10.2. The van der Waals surface area contributed by atoms with Crippen LogP contribution in [0.5, 0.6) is 0 Å². The molecule has 1 aromatic heterocycles. The van der Waals surface area contributed by atoms with Gasteiger partial charge in [0.25, 0.3) is 5.22 Å². The number of rotatable bonds is 3. The van der Waals surface area contributed by atoms with Gasteiger partial charge in [-0.2, -0.15) is 0 Å². The van der Waals surface area contributed by atoms with E-state index in [1.807, 2.05) is 30.3 Å². The van der Waals surface area contributed by atoms with E-state index in [-0.39, 0.29) is 0 Å². The second-order valence-corrected chi connectivity index (χ2v) is 5.74. The van der Waals surface area contributed by atoms with Gasteiger partial charge in [-0.05, 0) is 29.8 Å². The number of benzene rings is 2. The zero-order valence-electron chi connectivity index (χ0n) is 9.77. The molecule has 3 rings (SSSR count). The highest BCUT2D eigenvalue weighted by Gasteiger charge is 2.08. The Kier molecular flexibility index (Phi) is 3.69. The lowest BCUT2D eigenvalue weighted by Gasteiger charge is -2.00. The van der Waals surface area contributed by atoms with Crippen molar-refractivity contribution in [3.05, 3.63) is 58.1 Å². The van der Waals surface area contributed by atoms with E-state index in [9.17, 15) is 0 Å². The van der Waals surface area contributed by atoms with Crippen LogP contribution in [-0.2, 0) is 5.75 Å². The lowest BCUT2D eigenvalue weighted by Crippen LogP contribution is -1.81. The number of halogens is 2. The topological polar surface area (TPSA) is 26.0 Å². The monoisotopic (exact) mass is 309 g/mol. The molecule has 0 saturated heterocycles. The molecule has 0 aliphatic carbocycles. The van der Waals surface area contributed by atoms with Gasteiger partial charge in [-0.1, -0.05) is 53.2 Å². The Morgan fingerprint density at radius 2 is 1.95 bits per heavy atom. The van der Waals surface area contributed by atoms with Crippen LogP contribution in [0, 0.1) is 0 Å². The van der Waals surface area contributed by atoms with Gasteiger partial charge in [0.2, 0.25) is 0 Å². The minimum absolute atomic E-state index is 0.622. The first kappa shape index (κ1) is 12.9. The van der Waals surface area contributed by atoms with Gasteiger partial charge in [0.1, 0.15) is 5.52 Å². The Labute approximate surface area is 124 Å². The molecule has 0 aliphatic rings. The van der Waals surface area contributed by atoms with Crippen LogP contribution in [0.1, 0.15) is 5.56 Å². The minimum Gasteiger partial charge on any atom is -0.431 e. The quantitative estimate of drug-likeness (QED) is 0.604. The van der Waals surface area contributed by atoms with Crippen molar-refractivity contribution < 1.29 is 4.42 Å². The van der Waals surface area contributed by atoms with Gasteiger partial charge in [0, 0.05) is 15.8 Å². The SMILES string of the molecule is Clc1ccc2oc(SCc3ccccc3Cl)nc2c1. The Bertz CT molecular complexity index is 726. The number of oxazole rings is 1. The summed E-state index contributed by atoms with van der Waals surface area (Å²) in [5.41, 5.74) is 2.58. The highest BCUT2D eigenvalue weighted by molar-refractivity contribution is 7.98. The summed E-state index contributed by atoms with van der Waals surface area (Å²) in [6.07, 6.45) is 0. The fourth-order valence-electron chi connectivity index (χ4n) is 1.70. The van der Waals surface area contributed by atoms with Crippen molar-refractivity contribution in [3.8, 4) is 0 Å². The molecule has 0 radical (unpaired) electrons. The first-order valence-electron chi connectivity index (χ1n) is 5.65. The Balaban J connectivity index is 1.80. The smallest absolute Gasteiger partial charge is 0.257 e. The van der Waals surface area contributed by atoms with Crippen molar-refractivity contribution >= 4 is 46.1 Å². The van der Waals surface area contributed by atoms with Gasteiger partial charge in [-0.25, -0.2) is 4.98 Å². The van der Waals surface area contributed by atoms with Crippen LogP contribution in [0.2, 0.25) is 10.0 Å². The average Bonchev–Trinajstić information content (AvgIpc) is 2.79. The summed E-state index contributed by atoms with van der Waals surface area (Å²) in [4.78, 5) is 4.39. The second kappa shape index (κ2) is 5.45. The van der Waals surface area contributed by atoms with Crippen LogP contribution in [0.15, 0.2) is 52.1 Å². The third-order valence-electron chi connectivity index (χ3n) is 2.64. The summed E-state index contributed by atoms with van der Waals surface area (Å²) in [6.45, 7) is 0. The van der Waals surface area contributed by atoms with Crippen molar-refractivity contribution in [2.75, 3.05) is 0 Å². The van der Waals surface area contributed by atoms with Gasteiger partial charge >= 0.3 is 0 Å². The summed E-state index contributed by atoms with van der Waals surface area (Å²) in [5, 5.41) is 2.04. The van der Waals surface area contributed by atoms with Crippen LogP contribution in [0.25, 0.3) is 11.1 Å². The molecule has 0 unspecified atom stereocenters. The van der Waals surface area contributed by atoms with E-state index in [1.165, 1.54) is 11.8 Å². The van der Waals surface area contributed by atoms with Crippen molar-refractivity contribution in [2.24, 2.45) is 0 Å². The van der Waals surface area contributed by atoms with E-state index in [0.717, 1.165) is 27.4 Å². The van der Waals surface area contributed by atoms with Crippen molar-refractivity contribution in [1.29, 1.82) is 0 Å². The molecule has 0 amide bonds. The Morgan fingerprint density at radius 3 is 2.79 bits per heavy atom. The van der Waals surface area contributed by atoms with Crippen LogP contribution < -0.4 is 0 Å². The maximum atomic E-state index is 6.11. The molecule has 0 atom stereocenters. The summed E-state index contributed by atoms with van der Waals surface area (Å²) < 4.78 is 5.63. The first-order valence-corrected chi connectivity index (χ1v) is 7.39. The molecule has 0 spiro atoms. The number of thioether (sulfide) groups is 1. The van der Waals surface area contributed by atoms with Crippen molar-refractivity contribution in [3.63, 3.8) is 0 Å². The molecular weight excluding hydrogens is 301 g/mol. The molecule has 96 valence electrons. The molecule has 2 aromatic carbocycles. The van der Waals surface area contributed by atoms with Gasteiger partial charge in [-0.15, -0.1) is 0 Å². The molecule has 5 heteroatoms. The maximum absolute atomic E-state index is 6.11. The zero-order valence-corrected chi connectivity index (χ0v) is 12.1. The number of fused-ring (bicyclic) bond motifs is 1. The normalized spacial score (nSPS) is 11.1. The highest BCUT2D eigenvalue weighted by atomic mass is 35.5. The summed E-state index contributed by atoms with van der Waals surface area (Å²) in [5.74, 6) is 0.722. The molecule has 2 nitrogen and oxygen atoms in total. The summed E-state index contributed by atoms with van der Waals surface area (Å²) in [6, 6.07) is 13.2. The van der Waals surface area contributed by atoms with Crippen LogP contribution in [0.4, 0.5) is 0 Å². The largest absolute Gasteiger partial charge is 0.431 e. The van der Waals surface area contributed by atoms with E-state index < -0.39 is 0 Å². The number of hydrogen-bond acceptors (Lipinski definition) is 3. The lowest BCUT2D eigenvalue weighted by molar-refractivity contribution is 0.489. The fourth-order valence-corrected chi connectivity index (χ4v) is 2.99. The molecule has 19 heavy (non-hydrogen) atoms. The van der Waals surface area contributed by atoms with Gasteiger partial charge in [-0.3, -0.25) is 0 Å². The highest BCUT2D eigenvalue weighted by Crippen LogP contribution is 2.29. The average molecular weight is 310 g/mol. The molecular formula is C14H9Cl2NOS. The minimum atomic E-state index is 0.622. The molecule has 1 heterocycles. The number of aromatic nitrogens is 1. The number of nitrogens with zero attached hydrogens (tertiary/aromatic N) is 1. The van der Waals surface area contributed by atoms with Crippen molar-refractivity contribution in [2.45, 2.75) is 11.0 Å². The molecule has 0 aliphatic heterocycles. The fraction of sp³-hybridized carbons (Fsp3) is 0.0714. The molecule has 0 fully saturated rings. The number of hydrogen-bond donors (Lipinski definition) is 0.